The summed E-state index contributed by atoms with van der Waals surface area (Å²) < 4.78 is 0. The molecule has 0 amide bonds. The summed E-state index contributed by atoms with van der Waals surface area (Å²) in [5.74, 6) is 3.89. The third-order valence-electron chi connectivity index (χ3n) is 5.18. The number of rotatable bonds is 7. The molecule has 2 aliphatic carbocycles. The SMILES string of the molecule is CCC(CC)N(CCCl)CC1CC2CCC1C2. The van der Waals surface area contributed by atoms with Crippen molar-refractivity contribution in [1.29, 1.82) is 0 Å². The van der Waals surface area contributed by atoms with E-state index in [4.69, 9.17) is 11.6 Å². The molecular formula is C15H28ClN. The number of hydrogen-bond acceptors (Lipinski definition) is 1. The molecule has 0 aromatic rings. The molecule has 3 atom stereocenters. The largest absolute Gasteiger partial charge is 0.299 e. The Morgan fingerprint density at radius 1 is 1.18 bits per heavy atom. The van der Waals surface area contributed by atoms with Crippen LogP contribution in [0, 0.1) is 17.8 Å². The van der Waals surface area contributed by atoms with Crippen LogP contribution in [-0.2, 0) is 0 Å². The fraction of sp³-hybridized carbons (Fsp3) is 1.00. The molecule has 0 heterocycles. The third-order valence-corrected chi connectivity index (χ3v) is 5.35. The summed E-state index contributed by atoms with van der Waals surface area (Å²) in [4.78, 5) is 2.68. The van der Waals surface area contributed by atoms with Gasteiger partial charge in [-0.1, -0.05) is 20.3 Å². The molecule has 2 fully saturated rings. The van der Waals surface area contributed by atoms with E-state index < -0.39 is 0 Å². The second-order valence-electron chi connectivity index (χ2n) is 6.09. The van der Waals surface area contributed by atoms with Crippen LogP contribution < -0.4 is 0 Å². The lowest BCUT2D eigenvalue weighted by Crippen LogP contribution is -2.40. The van der Waals surface area contributed by atoms with Crippen LogP contribution in [0.4, 0.5) is 0 Å². The average Bonchev–Trinajstić information content (AvgIpc) is 2.93. The van der Waals surface area contributed by atoms with Crippen molar-refractivity contribution in [3.8, 4) is 0 Å². The van der Waals surface area contributed by atoms with Gasteiger partial charge in [-0.2, -0.15) is 0 Å². The molecule has 2 heteroatoms. The van der Waals surface area contributed by atoms with E-state index in [0.717, 1.165) is 36.2 Å². The number of halogens is 1. The van der Waals surface area contributed by atoms with Gasteiger partial charge >= 0.3 is 0 Å². The molecule has 2 saturated carbocycles. The second-order valence-corrected chi connectivity index (χ2v) is 6.47. The zero-order valence-electron chi connectivity index (χ0n) is 11.5. The molecule has 0 aliphatic heterocycles. The number of nitrogens with zero attached hydrogens (tertiary/aromatic N) is 1. The van der Waals surface area contributed by atoms with Gasteiger partial charge in [0.2, 0.25) is 0 Å². The minimum Gasteiger partial charge on any atom is -0.299 e. The Morgan fingerprint density at radius 3 is 2.41 bits per heavy atom. The fourth-order valence-electron chi connectivity index (χ4n) is 4.24. The van der Waals surface area contributed by atoms with Gasteiger partial charge < -0.3 is 0 Å². The monoisotopic (exact) mass is 257 g/mol. The lowest BCUT2D eigenvalue weighted by atomic mass is 9.88. The van der Waals surface area contributed by atoms with Crippen molar-refractivity contribution >= 4 is 11.6 Å². The van der Waals surface area contributed by atoms with Gasteiger partial charge in [0.15, 0.2) is 0 Å². The molecule has 0 N–H and O–H groups in total. The van der Waals surface area contributed by atoms with E-state index in [-0.39, 0.29) is 0 Å². The van der Waals surface area contributed by atoms with Crippen molar-refractivity contribution in [3.63, 3.8) is 0 Å². The van der Waals surface area contributed by atoms with E-state index in [1.165, 1.54) is 45.1 Å². The van der Waals surface area contributed by atoms with Gasteiger partial charge in [0, 0.05) is 25.0 Å². The number of alkyl halides is 1. The smallest absolute Gasteiger partial charge is 0.0351 e. The summed E-state index contributed by atoms with van der Waals surface area (Å²) in [6.45, 7) is 7.04. The van der Waals surface area contributed by atoms with Crippen LogP contribution in [0.5, 0.6) is 0 Å². The van der Waals surface area contributed by atoms with Crippen LogP contribution in [0.1, 0.15) is 52.4 Å². The highest BCUT2D eigenvalue weighted by atomic mass is 35.5. The predicted octanol–water partition coefficient (Wildman–Crippen LogP) is 4.15. The van der Waals surface area contributed by atoms with Crippen molar-refractivity contribution in [2.24, 2.45) is 17.8 Å². The molecular weight excluding hydrogens is 230 g/mol. The van der Waals surface area contributed by atoms with Crippen molar-refractivity contribution in [3.05, 3.63) is 0 Å². The highest BCUT2D eigenvalue weighted by Gasteiger charge is 2.40. The van der Waals surface area contributed by atoms with Crippen LogP contribution in [0.2, 0.25) is 0 Å². The van der Waals surface area contributed by atoms with E-state index in [1.807, 2.05) is 0 Å². The summed E-state index contributed by atoms with van der Waals surface area (Å²) in [6, 6.07) is 0.757. The lowest BCUT2D eigenvalue weighted by Gasteiger charge is -2.34. The van der Waals surface area contributed by atoms with Crippen molar-refractivity contribution < 1.29 is 0 Å². The molecule has 0 radical (unpaired) electrons. The van der Waals surface area contributed by atoms with Gasteiger partial charge in [-0.25, -0.2) is 0 Å². The van der Waals surface area contributed by atoms with Crippen LogP contribution in [-0.4, -0.2) is 29.9 Å². The molecule has 1 nitrogen and oxygen atoms in total. The Hall–Kier alpha value is 0.250. The van der Waals surface area contributed by atoms with Crippen LogP contribution in [0.25, 0.3) is 0 Å². The van der Waals surface area contributed by atoms with Gasteiger partial charge in [0.25, 0.3) is 0 Å². The van der Waals surface area contributed by atoms with Gasteiger partial charge in [0.05, 0.1) is 0 Å². The Morgan fingerprint density at radius 2 is 1.94 bits per heavy atom. The molecule has 0 spiro atoms. The molecule has 3 unspecified atom stereocenters. The molecule has 2 bridgehead atoms. The van der Waals surface area contributed by atoms with Crippen molar-refractivity contribution in [2.45, 2.75) is 58.4 Å². The van der Waals surface area contributed by atoms with E-state index in [2.05, 4.69) is 18.7 Å². The standard InChI is InChI=1S/C15H28ClN/c1-3-15(4-2)17(8-7-16)11-14-10-12-5-6-13(14)9-12/h12-15H,3-11H2,1-2H3. The molecule has 2 aliphatic rings. The minimum atomic E-state index is 0.757. The molecule has 0 saturated heterocycles. The predicted molar refractivity (Wildman–Crippen MR) is 75.6 cm³/mol. The summed E-state index contributed by atoms with van der Waals surface area (Å²) in [6.07, 6.45) is 8.60. The zero-order valence-corrected chi connectivity index (χ0v) is 12.3. The van der Waals surface area contributed by atoms with Crippen LogP contribution >= 0.6 is 11.6 Å². The van der Waals surface area contributed by atoms with Gasteiger partial charge in [0.1, 0.15) is 0 Å². The quantitative estimate of drug-likeness (QED) is 0.620. The second kappa shape index (κ2) is 6.43. The first-order chi connectivity index (χ1) is 8.28. The van der Waals surface area contributed by atoms with Crippen LogP contribution in [0.3, 0.4) is 0 Å². The number of hydrogen-bond donors (Lipinski definition) is 0. The molecule has 2 rings (SSSR count). The maximum atomic E-state index is 5.98. The molecule has 100 valence electrons. The third kappa shape index (κ3) is 3.17. The first-order valence-electron chi connectivity index (χ1n) is 7.58. The normalized spacial score (nSPS) is 31.9. The zero-order chi connectivity index (χ0) is 12.3. The summed E-state index contributed by atoms with van der Waals surface area (Å²) in [7, 11) is 0. The van der Waals surface area contributed by atoms with Crippen molar-refractivity contribution in [2.75, 3.05) is 19.0 Å². The first kappa shape index (κ1) is 13.7. The highest BCUT2D eigenvalue weighted by Crippen LogP contribution is 2.48. The molecule has 0 aromatic heterocycles. The van der Waals surface area contributed by atoms with Gasteiger partial charge in [-0.05, 0) is 49.9 Å². The summed E-state index contributed by atoms with van der Waals surface area (Å²) in [5, 5.41) is 0. The van der Waals surface area contributed by atoms with Crippen LogP contribution in [0.15, 0.2) is 0 Å². The Labute approximate surface area is 112 Å². The summed E-state index contributed by atoms with van der Waals surface area (Å²) >= 11 is 5.98. The Kier molecular flexibility index (Phi) is 5.17. The first-order valence-corrected chi connectivity index (χ1v) is 8.11. The van der Waals surface area contributed by atoms with Gasteiger partial charge in [-0.15, -0.1) is 11.6 Å². The average molecular weight is 258 g/mol. The van der Waals surface area contributed by atoms with Gasteiger partial charge in [-0.3, -0.25) is 4.90 Å². The van der Waals surface area contributed by atoms with E-state index >= 15 is 0 Å². The maximum Gasteiger partial charge on any atom is 0.0351 e. The Balaban J connectivity index is 1.88. The highest BCUT2D eigenvalue weighted by molar-refractivity contribution is 6.18. The fourth-order valence-corrected chi connectivity index (χ4v) is 4.45. The summed E-state index contributed by atoms with van der Waals surface area (Å²) in [5.41, 5.74) is 0. The topological polar surface area (TPSA) is 3.24 Å². The maximum absolute atomic E-state index is 5.98. The number of fused-ring (bicyclic) bond motifs is 2. The van der Waals surface area contributed by atoms with E-state index in [0.29, 0.717) is 0 Å². The Bertz CT molecular complexity index is 227. The van der Waals surface area contributed by atoms with E-state index in [9.17, 15) is 0 Å². The minimum absolute atomic E-state index is 0.757. The lowest BCUT2D eigenvalue weighted by molar-refractivity contribution is 0.142. The molecule has 17 heavy (non-hydrogen) atoms. The van der Waals surface area contributed by atoms with E-state index in [1.54, 1.807) is 0 Å². The molecule has 0 aromatic carbocycles. The van der Waals surface area contributed by atoms with Crippen molar-refractivity contribution in [1.82, 2.24) is 4.90 Å².